The molecule has 2 rings (SSSR count). The monoisotopic (exact) mass is 284 g/mol. The van der Waals surface area contributed by atoms with Gasteiger partial charge in [0.05, 0.1) is 11.5 Å². The number of urea groups is 1. The molecule has 0 aromatic rings. The lowest BCUT2D eigenvalue weighted by molar-refractivity contribution is -0.142. The van der Waals surface area contributed by atoms with E-state index in [1.54, 1.807) is 11.8 Å². The van der Waals surface area contributed by atoms with E-state index in [1.807, 2.05) is 0 Å². The standard InChI is InChI=1S/C14H24N2O4/c1-14(20)6-8-16(9-7-14)13(19)15-11-4-2-10(3-5-11)12(17)18/h10-11,20H,2-9H2,1H3,(H,15,19)(H,17,18). The van der Waals surface area contributed by atoms with E-state index in [2.05, 4.69) is 5.32 Å². The van der Waals surface area contributed by atoms with Crippen LogP contribution in [0.15, 0.2) is 0 Å². The second-order valence-corrected chi connectivity index (χ2v) is 6.32. The van der Waals surface area contributed by atoms with Crippen LogP contribution in [0.3, 0.4) is 0 Å². The molecule has 0 bridgehead atoms. The Morgan fingerprint density at radius 2 is 1.70 bits per heavy atom. The number of carboxylic acids is 1. The number of piperidine rings is 1. The predicted octanol–water partition coefficient (Wildman–Crippen LogP) is 1.19. The fourth-order valence-corrected chi connectivity index (χ4v) is 2.94. The molecule has 1 saturated carbocycles. The van der Waals surface area contributed by atoms with Crippen LogP contribution in [-0.2, 0) is 4.79 Å². The number of hydrogen-bond acceptors (Lipinski definition) is 3. The molecule has 3 N–H and O–H groups in total. The SMILES string of the molecule is CC1(O)CCN(C(=O)NC2CCC(C(=O)O)CC2)CC1. The second-order valence-electron chi connectivity index (χ2n) is 6.32. The number of aliphatic carboxylic acids is 1. The third-order valence-corrected chi connectivity index (χ3v) is 4.53. The van der Waals surface area contributed by atoms with Gasteiger partial charge in [-0.25, -0.2) is 4.79 Å². The van der Waals surface area contributed by atoms with E-state index in [4.69, 9.17) is 5.11 Å². The van der Waals surface area contributed by atoms with E-state index >= 15 is 0 Å². The zero-order valence-corrected chi connectivity index (χ0v) is 12.0. The van der Waals surface area contributed by atoms with Crippen LogP contribution in [0.1, 0.15) is 45.4 Å². The molecule has 0 atom stereocenters. The van der Waals surface area contributed by atoms with Crippen LogP contribution in [0.5, 0.6) is 0 Å². The molecule has 1 aliphatic carbocycles. The minimum atomic E-state index is -0.729. The molecule has 0 aromatic heterocycles. The molecule has 2 amide bonds. The van der Waals surface area contributed by atoms with Gasteiger partial charge in [-0.3, -0.25) is 4.79 Å². The first-order valence-electron chi connectivity index (χ1n) is 7.38. The summed E-state index contributed by atoms with van der Waals surface area (Å²) in [6, 6.07) is -0.000174. The molecule has 114 valence electrons. The molecule has 0 radical (unpaired) electrons. The van der Waals surface area contributed by atoms with Gasteiger partial charge in [0.25, 0.3) is 0 Å². The van der Waals surface area contributed by atoms with Gasteiger partial charge < -0.3 is 20.4 Å². The Hall–Kier alpha value is -1.30. The average molecular weight is 284 g/mol. The number of hydrogen-bond donors (Lipinski definition) is 3. The average Bonchev–Trinajstić information content (AvgIpc) is 2.39. The quantitative estimate of drug-likeness (QED) is 0.710. The maximum atomic E-state index is 12.1. The van der Waals surface area contributed by atoms with E-state index in [1.165, 1.54) is 0 Å². The Bertz CT molecular complexity index is 365. The number of amides is 2. The van der Waals surface area contributed by atoms with Gasteiger partial charge in [-0.05, 0) is 45.4 Å². The summed E-state index contributed by atoms with van der Waals surface area (Å²) in [5, 5.41) is 21.8. The number of nitrogens with zero attached hydrogens (tertiary/aromatic N) is 1. The summed E-state index contributed by atoms with van der Waals surface area (Å²) < 4.78 is 0. The Labute approximate surface area is 119 Å². The van der Waals surface area contributed by atoms with Gasteiger partial charge in [-0.2, -0.15) is 0 Å². The third kappa shape index (κ3) is 3.85. The Balaban J connectivity index is 1.74. The van der Waals surface area contributed by atoms with E-state index in [0.717, 1.165) is 12.8 Å². The van der Waals surface area contributed by atoms with Crippen molar-refractivity contribution in [2.24, 2.45) is 5.92 Å². The summed E-state index contributed by atoms with van der Waals surface area (Å²) in [5.41, 5.74) is -0.656. The van der Waals surface area contributed by atoms with Crippen molar-refractivity contribution in [2.75, 3.05) is 13.1 Å². The number of carbonyl (C=O) groups excluding carboxylic acids is 1. The molecule has 0 unspecified atom stereocenters. The Kier molecular flexibility index (Phi) is 4.52. The van der Waals surface area contributed by atoms with Crippen molar-refractivity contribution >= 4 is 12.0 Å². The van der Waals surface area contributed by atoms with Crippen LogP contribution in [-0.4, -0.2) is 51.8 Å². The van der Waals surface area contributed by atoms with Crippen molar-refractivity contribution in [2.45, 2.75) is 57.1 Å². The molecule has 0 aromatic carbocycles. The minimum absolute atomic E-state index is 0.0838. The van der Waals surface area contributed by atoms with Crippen molar-refractivity contribution in [3.05, 3.63) is 0 Å². The number of carbonyl (C=O) groups is 2. The van der Waals surface area contributed by atoms with Crippen LogP contribution in [0, 0.1) is 5.92 Å². The zero-order chi connectivity index (χ0) is 14.8. The smallest absolute Gasteiger partial charge is 0.317 e. The topological polar surface area (TPSA) is 89.9 Å². The van der Waals surface area contributed by atoms with Gasteiger partial charge in [0, 0.05) is 19.1 Å². The fourth-order valence-electron chi connectivity index (χ4n) is 2.94. The summed E-state index contributed by atoms with van der Waals surface area (Å²) in [4.78, 5) is 24.7. The fraction of sp³-hybridized carbons (Fsp3) is 0.857. The van der Waals surface area contributed by atoms with Crippen molar-refractivity contribution in [1.82, 2.24) is 10.2 Å². The predicted molar refractivity (Wildman–Crippen MR) is 73.3 cm³/mol. The van der Waals surface area contributed by atoms with Crippen LogP contribution in [0.4, 0.5) is 4.79 Å². The lowest BCUT2D eigenvalue weighted by atomic mass is 9.86. The lowest BCUT2D eigenvalue weighted by Crippen LogP contribution is -2.51. The van der Waals surface area contributed by atoms with Crippen molar-refractivity contribution < 1.29 is 19.8 Å². The molecule has 0 spiro atoms. The number of aliphatic hydroxyl groups is 1. The van der Waals surface area contributed by atoms with E-state index in [9.17, 15) is 14.7 Å². The normalized spacial score (nSPS) is 29.8. The summed E-state index contributed by atoms with van der Waals surface area (Å²) in [6.45, 7) is 2.95. The van der Waals surface area contributed by atoms with Gasteiger partial charge in [0.15, 0.2) is 0 Å². The Morgan fingerprint density at radius 3 is 2.20 bits per heavy atom. The summed E-state index contributed by atoms with van der Waals surface area (Å²) in [6.07, 6.45) is 3.94. The molecule has 2 fully saturated rings. The maximum absolute atomic E-state index is 12.1. The molecule has 6 heteroatoms. The van der Waals surface area contributed by atoms with Crippen LogP contribution in [0.25, 0.3) is 0 Å². The molecular formula is C14H24N2O4. The van der Waals surface area contributed by atoms with Gasteiger partial charge in [0.2, 0.25) is 0 Å². The maximum Gasteiger partial charge on any atom is 0.317 e. The second kappa shape index (κ2) is 5.99. The first-order valence-corrected chi connectivity index (χ1v) is 7.38. The number of rotatable bonds is 2. The highest BCUT2D eigenvalue weighted by atomic mass is 16.4. The molecule has 1 saturated heterocycles. The van der Waals surface area contributed by atoms with Gasteiger partial charge in [-0.1, -0.05) is 0 Å². The Morgan fingerprint density at radius 1 is 1.15 bits per heavy atom. The van der Waals surface area contributed by atoms with E-state index in [-0.39, 0.29) is 18.0 Å². The van der Waals surface area contributed by atoms with Gasteiger partial charge >= 0.3 is 12.0 Å². The molecule has 20 heavy (non-hydrogen) atoms. The minimum Gasteiger partial charge on any atom is -0.481 e. The third-order valence-electron chi connectivity index (χ3n) is 4.53. The van der Waals surface area contributed by atoms with Gasteiger partial charge in [0.1, 0.15) is 0 Å². The summed E-state index contributed by atoms with van der Waals surface area (Å²) in [7, 11) is 0. The largest absolute Gasteiger partial charge is 0.481 e. The molecular weight excluding hydrogens is 260 g/mol. The molecule has 1 aliphatic heterocycles. The van der Waals surface area contributed by atoms with E-state index < -0.39 is 11.6 Å². The highest BCUT2D eigenvalue weighted by Crippen LogP contribution is 2.25. The van der Waals surface area contributed by atoms with Crippen LogP contribution < -0.4 is 5.32 Å². The van der Waals surface area contributed by atoms with Crippen LogP contribution in [0.2, 0.25) is 0 Å². The van der Waals surface area contributed by atoms with Crippen LogP contribution >= 0.6 is 0 Å². The molecule has 1 heterocycles. The van der Waals surface area contributed by atoms with Crippen molar-refractivity contribution in [1.29, 1.82) is 0 Å². The first-order chi connectivity index (χ1) is 9.37. The number of carboxylic acid groups (broad SMARTS) is 1. The zero-order valence-electron chi connectivity index (χ0n) is 12.0. The van der Waals surface area contributed by atoms with Gasteiger partial charge in [-0.15, -0.1) is 0 Å². The molecule has 2 aliphatic rings. The first kappa shape index (κ1) is 15.1. The highest BCUT2D eigenvalue weighted by molar-refractivity contribution is 5.75. The number of nitrogens with one attached hydrogen (secondary N) is 1. The highest BCUT2D eigenvalue weighted by Gasteiger charge is 2.31. The number of likely N-dealkylation sites (tertiary alicyclic amines) is 1. The van der Waals surface area contributed by atoms with Crippen molar-refractivity contribution in [3.8, 4) is 0 Å². The van der Waals surface area contributed by atoms with Crippen molar-refractivity contribution in [3.63, 3.8) is 0 Å². The van der Waals surface area contributed by atoms with E-state index in [0.29, 0.717) is 38.8 Å². The molecule has 6 nitrogen and oxygen atoms in total. The lowest BCUT2D eigenvalue weighted by Gasteiger charge is -2.37. The summed E-state index contributed by atoms with van der Waals surface area (Å²) in [5.74, 6) is -0.985. The summed E-state index contributed by atoms with van der Waals surface area (Å²) >= 11 is 0.